The van der Waals surface area contributed by atoms with Crippen LogP contribution < -0.4 is 5.32 Å². The third-order valence-electron chi connectivity index (χ3n) is 6.84. The molecule has 35 heavy (non-hydrogen) atoms. The monoisotopic (exact) mass is 492 g/mol. The average molecular weight is 493 g/mol. The number of benzene rings is 1. The summed E-state index contributed by atoms with van der Waals surface area (Å²) in [5.74, 6) is -0.275. The van der Waals surface area contributed by atoms with E-state index in [0.717, 1.165) is 16.5 Å². The van der Waals surface area contributed by atoms with E-state index in [0.29, 0.717) is 13.1 Å². The first-order valence-corrected chi connectivity index (χ1v) is 12.5. The van der Waals surface area contributed by atoms with Crippen molar-refractivity contribution in [2.45, 2.75) is 45.2 Å². The number of nitrogens with one attached hydrogen (secondary N) is 1. The zero-order chi connectivity index (χ0) is 24.7. The van der Waals surface area contributed by atoms with Gasteiger partial charge in [-0.05, 0) is 53.9 Å². The fourth-order valence-corrected chi connectivity index (χ4v) is 5.97. The van der Waals surface area contributed by atoms with Crippen LogP contribution in [0.5, 0.6) is 0 Å². The molecule has 2 saturated heterocycles. The number of thiophene rings is 1. The lowest BCUT2D eigenvalue weighted by molar-refractivity contribution is -0.194. The number of pyridine rings is 1. The Morgan fingerprint density at radius 3 is 2.66 bits per heavy atom. The molecule has 3 aromatic rings. The molecule has 0 aliphatic carbocycles. The van der Waals surface area contributed by atoms with Gasteiger partial charge in [0.25, 0.3) is 0 Å². The Hall–Kier alpha value is -3.50. The molecule has 9 nitrogen and oxygen atoms in total. The summed E-state index contributed by atoms with van der Waals surface area (Å²) in [4.78, 5) is 47.3. The molecule has 10 heteroatoms. The van der Waals surface area contributed by atoms with Gasteiger partial charge in [0.15, 0.2) is 0 Å². The summed E-state index contributed by atoms with van der Waals surface area (Å²) in [6.45, 7) is 4.43. The summed E-state index contributed by atoms with van der Waals surface area (Å²) in [6.07, 6.45) is 2.74. The predicted molar refractivity (Wildman–Crippen MR) is 133 cm³/mol. The lowest BCUT2D eigenvalue weighted by Gasteiger charge is -2.56. The van der Waals surface area contributed by atoms with Crippen LogP contribution >= 0.6 is 11.3 Å². The van der Waals surface area contributed by atoms with Gasteiger partial charge in [-0.3, -0.25) is 14.6 Å². The van der Waals surface area contributed by atoms with Crippen LogP contribution in [0.15, 0.2) is 54.2 Å². The predicted octanol–water partition coefficient (Wildman–Crippen LogP) is 2.64. The summed E-state index contributed by atoms with van der Waals surface area (Å²) in [5.41, 5.74) is 1.99. The second kappa shape index (κ2) is 9.27. The van der Waals surface area contributed by atoms with Crippen LogP contribution in [0, 0.1) is 0 Å². The number of nitrogens with zero attached hydrogens (tertiary/aromatic N) is 5. The average Bonchev–Trinajstić information content (AvgIpc) is 3.27. The summed E-state index contributed by atoms with van der Waals surface area (Å²) >= 11 is 1.65. The lowest BCUT2D eigenvalue weighted by Crippen LogP contribution is -2.77. The maximum atomic E-state index is 13.5. The van der Waals surface area contributed by atoms with Gasteiger partial charge in [-0.2, -0.15) is 0 Å². The first kappa shape index (κ1) is 23.3. The van der Waals surface area contributed by atoms with Gasteiger partial charge in [0.1, 0.15) is 12.2 Å². The number of hydrogen-bond acceptors (Lipinski definition) is 6. The first-order valence-electron chi connectivity index (χ1n) is 11.6. The topological polar surface area (TPSA) is 89.1 Å². The van der Waals surface area contributed by atoms with Crippen molar-refractivity contribution in [3.05, 3.63) is 65.3 Å². The highest BCUT2D eigenvalue weighted by Crippen LogP contribution is 2.33. The summed E-state index contributed by atoms with van der Waals surface area (Å²) in [5, 5.41) is 9.38. The minimum atomic E-state index is -0.669. The molecular formula is C25H28N6O3S. The Bertz CT molecular complexity index is 1260. The number of fused-ring (bicyclic) bond motifs is 2. The number of amides is 4. The van der Waals surface area contributed by atoms with E-state index in [1.807, 2.05) is 31.2 Å². The fraction of sp³-hybridized carbons (Fsp3) is 0.360. The van der Waals surface area contributed by atoms with Crippen LogP contribution in [0.4, 0.5) is 4.79 Å². The fourth-order valence-electron chi connectivity index (χ4n) is 5.02. The molecule has 2 aliphatic heterocycles. The van der Waals surface area contributed by atoms with Crippen LogP contribution in [0.25, 0.3) is 10.1 Å². The molecule has 0 spiro atoms. The van der Waals surface area contributed by atoms with Crippen LogP contribution in [-0.4, -0.2) is 74.5 Å². The molecule has 2 aromatic heterocycles. The maximum Gasteiger partial charge on any atom is 0.334 e. The molecule has 1 aromatic carbocycles. The summed E-state index contributed by atoms with van der Waals surface area (Å²) in [6, 6.07) is 10.4. The quantitative estimate of drug-likeness (QED) is 0.605. The summed E-state index contributed by atoms with van der Waals surface area (Å²) < 4.78 is 1.17. The molecule has 4 heterocycles. The largest absolute Gasteiger partial charge is 0.334 e. The van der Waals surface area contributed by atoms with Gasteiger partial charge in [0.2, 0.25) is 11.8 Å². The molecule has 0 bridgehead atoms. The Kier molecular flexibility index (Phi) is 6.16. The van der Waals surface area contributed by atoms with E-state index < -0.39 is 18.2 Å². The normalized spacial score (nSPS) is 23.1. The van der Waals surface area contributed by atoms with Gasteiger partial charge >= 0.3 is 6.03 Å². The highest BCUT2D eigenvalue weighted by atomic mass is 32.1. The second-order valence-corrected chi connectivity index (χ2v) is 9.94. The molecule has 5 rings (SSSR count). The highest BCUT2D eigenvalue weighted by molar-refractivity contribution is 7.17. The molecule has 2 fully saturated rings. The molecule has 2 aliphatic rings. The van der Waals surface area contributed by atoms with Crippen molar-refractivity contribution in [2.75, 3.05) is 13.6 Å². The van der Waals surface area contributed by atoms with Crippen molar-refractivity contribution in [3.8, 4) is 0 Å². The minimum absolute atomic E-state index is 0.0265. The zero-order valence-electron chi connectivity index (χ0n) is 19.9. The Morgan fingerprint density at radius 2 is 1.89 bits per heavy atom. The van der Waals surface area contributed by atoms with E-state index in [4.69, 9.17) is 0 Å². The maximum absolute atomic E-state index is 13.5. The van der Waals surface area contributed by atoms with Crippen LogP contribution in [0.2, 0.25) is 0 Å². The van der Waals surface area contributed by atoms with Gasteiger partial charge in [-0.1, -0.05) is 18.2 Å². The number of aromatic nitrogens is 1. The molecular weight excluding hydrogens is 464 g/mol. The number of carbonyl (C=O) groups is 3. The zero-order valence-corrected chi connectivity index (χ0v) is 20.7. The smallest absolute Gasteiger partial charge is 0.333 e. The van der Waals surface area contributed by atoms with Crippen molar-refractivity contribution in [1.82, 2.24) is 30.1 Å². The van der Waals surface area contributed by atoms with Crippen molar-refractivity contribution < 1.29 is 14.4 Å². The number of likely N-dealkylation sites (N-methyl/N-ethyl adjacent to an activating group) is 1. The van der Waals surface area contributed by atoms with E-state index in [-0.39, 0.29) is 24.4 Å². The third-order valence-corrected chi connectivity index (χ3v) is 7.85. The van der Waals surface area contributed by atoms with Crippen LogP contribution in [0.3, 0.4) is 0 Å². The number of piperazine rings is 1. The van der Waals surface area contributed by atoms with Gasteiger partial charge < -0.3 is 15.1 Å². The van der Waals surface area contributed by atoms with E-state index in [1.165, 1.54) is 4.70 Å². The van der Waals surface area contributed by atoms with E-state index in [9.17, 15) is 14.4 Å². The summed E-state index contributed by atoms with van der Waals surface area (Å²) in [7, 11) is 1.73. The van der Waals surface area contributed by atoms with Crippen molar-refractivity contribution in [1.29, 1.82) is 0 Å². The third kappa shape index (κ3) is 4.12. The molecule has 3 atom stereocenters. The Morgan fingerprint density at radius 1 is 1.14 bits per heavy atom. The van der Waals surface area contributed by atoms with Gasteiger partial charge in [-0.15, -0.1) is 11.3 Å². The SMILES string of the molecule is C[C@H]1[C@H]2N(C(=O)CN(C)N2C(=O)NCc2ccncc2)[C@@H](C)C(=O)N1Cc1csc2ccccc12. The molecule has 0 saturated carbocycles. The Labute approximate surface area is 207 Å². The van der Waals surface area contributed by atoms with E-state index in [2.05, 4.69) is 27.8 Å². The van der Waals surface area contributed by atoms with E-state index >= 15 is 0 Å². The number of hydrazine groups is 1. The molecule has 182 valence electrons. The molecule has 4 amide bonds. The number of hydrogen-bond donors (Lipinski definition) is 1. The first-order chi connectivity index (χ1) is 16.9. The Balaban J connectivity index is 1.43. The number of rotatable bonds is 4. The molecule has 0 radical (unpaired) electrons. The molecule has 1 N–H and O–H groups in total. The van der Waals surface area contributed by atoms with Gasteiger partial charge in [0.05, 0.1) is 12.6 Å². The second-order valence-electron chi connectivity index (χ2n) is 9.03. The highest BCUT2D eigenvalue weighted by Gasteiger charge is 2.52. The standard InChI is InChI=1S/C25H28N6O3S/c1-16-23-30(17(2)24(33)29(16)13-19-15-35-21-7-5-4-6-20(19)21)22(32)14-28(3)31(23)25(34)27-12-18-8-10-26-11-9-18/h4-11,15-17,23H,12-14H2,1-3H3,(H,27,34)/t16-,17-,23-/m0/s1. The van der Waals surface area contributed by atoms with Crippen LogP contribution in [0.1, 0.15) is 25.0 Å². The lowest BCUT2D eigenvalue weighted by atomic mass is 10.0. The molecule has 0 unspecified atom stereocenters. The number of urea groups is 1. The van der Waals surface area contributed by atoms with E-state index in [1.54, 1.807) is 57.5 Å². The van der Waals surface area contributed by atoms with Crippen LogP contribution in [-0.2, 0) is 22.7 Å². The van der Waals surface area contributed by atoms with Gasteiger partial charge in [0, 0.05) is 37.2 Å². The number of carbonyl (C=O) groups excluding carboxylic acids is 3. The minimum Gasteiger partial charge on any atom is -0.333 e. The van der Waals surface area contributed by atoms with Crippen molar-refractivity contribution in [3.63, 3.8) is 0 Å². The van der Waals surface area contributed by atoms with Crippen molar-refractivity contribution in [2.24, 2.45) is 0 Å². The van der Waals surface area contributed by atoms with Gasteiger partial charge in [-0.25, -0.2) is 14.8 Å². The van der Waals surface area contributed by atoms with Crippen molar-refractivity contribution >= 4 is 39.3 Å².